The van der Waals surface area contributed by atoms with Crippen LogP contribution in [0, 0.1) is 0 Å². The Labute approximate surface area is 127 Å². The van der Waals surface area contributed by atoms with Crippen molar-refractivity contribution in [3.05, 3.63) is 34.3 Å². The van der Waals surface area contributed by atoms with Crippen LogP contribution in [0.1, 0.15) is 38.3 Å². The average Bonchev–Trinajstić information content (AvgIpc) is 2.57. The molecule has 1 aliphatic heterocycles. The number of hydrogen-bond acceptors (Lipinski definition) is 2. The van der Waals surface area contributed by atoms with Crippen LogP contribution in [0.15, 0.2) is 28.7 Å². The SMILES string of the molecule is CCC1NC(=O)CCN(C(C)c2cccc(Br)c2)C1=O. The summed E-state index contributed by atoms with van der Waals surface area (Å²) in [4.78, 5) is 26.0. The fraction of sp³-hybridized carbons (Fsp3) is 0.467. The van der Waals surface area contributed by atoms with Gasteiger partial charge in [-0.1, -0.05) is 35.0 Å². The second-order valence-electron chi connectivity index (χ2n) is 5.04. The van der Waals surface area contributed by atoms with Crippen LogP contribution in [0.4, 0.5) is 0 Å². The molecule has 0 bridgehead atoms. The molecule has 20 heavy (non-hydrogen) atoms. The predicted molar refractivity (Wildman–Crippen MR) is 81.1 cm³/mol. The van der Waals surface area contributed by atoms with Crippen molar-refractivity contribution in [2.45, 2.75) is 38.8 Å². The van der Waals surface area contributed by atoms with Crippen LogP contribution in [0.2, 0.25) is 0 Å². The molecule has 2 unspecified atom stereocenters. The Morgan fingerprint density at radius 1 is 1.45 bits per heavy atom. The maximum atomic E-state index is 12.5. The van der Waals surface area contributed by atoms with E-state index in [2.05, 4.69) is 21.2 Å². The van der Waals surface area contributed by atoms with E-state index in [1.807, 2.05) is 38.1 Å². The fourth-order valence-corrected chi connectivity index (χ4v) is 2.89. The second kappa shape index (κ2) is 6.39. The van der Waals surface area contributed by atoms with Crippen LogP contribution in [0.3, 0.4) is 0 Å². The molecule has 2 amide bonds. The van der Waals surface area contributed by atoms with Crippen LogP contribution < -0.4 is 5.32 Å². The number of nitrogens with zero attached hydrogens (tertiary/aromatic N) is 1. The molecule has 0 aromatic heterocycles. The van der Waals surface area contributed by atoms with Gasteiger partial charge in [0.25, 0.3) is 0 Å². The van der Waals surface area contributed by atoms with Gasteiger partial charge < -0.3 is 10.2 Å². The summed E-state index contributed by atoms with van der Waals surface area (Å²) in [5.41, 5.74) is 1.07. The van der Waals surface area contributed by atoms with Gasteiger partial charge in [-0.25, -0.2) is 0 Å². The molecule has 1 N–H and O–H groups in total. The third kappa shape index (κ3) is 3.20. The van der Waals surface area contributed by atoms with E-state index in [0.717, 1.165) is 10.0 Å². The Balaban J connectivity index is 2.25. The number of amides is 2. The first-order valence-corrected chi connectivity index (χ1v) is 7.67. The average molecular weight is 339 g/mol. The zero-order valence-corrected chi connectivity index (χ0v) is 13.3. The van der Waals surface area contributed by atoms with E-state index in [4.69, 9.17) is 0 Å². The molecule has 1 fully saturated rings. The molecular formula is C15H19BrN2O2. The quantitative estimate of drug-likeness (QED) is 0.920. The minimum Gasteiger partial charge on any atom is -0.344 e. The van der Waals surface area contributed by atoms with E-state index >= 15 is 0 Å². The summed E-state index contributed by atoms with van der Waals surface area (Å²) in [6, 6.07) is 7.49. The highest BCUT2D eigenvalue weighted by atomic mass is 79.9. The van der Waals surface area contributed by atoms with Crippen molar-refractivity contribution in [1.82, 2.24) is 10.2 Å². The Morgan fingerprint density at radius 2 is 2.20 bits per heavy atom. The summed E-state index contributed by atoms with van der Waals surface area (Å²) < 4.78 is 0.991. The third-order valence-corrected chi connectivity index (χ3v) is 4.20. The molecule has 4 nitrogen and oxygen atoms in total. The van der Waals surface area contributed by atoms with E-state index in [0.29, 0.717) is 19.4 Å². The monoisotopic (exact) mass is 338 g/mol. The van der Waals surface area contributed by atoms with Crippen molar-refractivity contribution in [3.63, 3.8) is 0 Å². The molecule has 1 aromatic carbocycles. The van der Waals surface area contributed by atoms with Gasteiger partial charge in [-0.2, -0.15) is 0 Å². The summed E-state index contributed by atoms with van der Waals surface area (Å²) in [5, 5.41) is 2.79. The van der Waals surface area contributed by atoms with Crippen molar-refractivity contribution in [2.75, 3.05) is 6.54 Å². The van der Waals surface area contributed by atoms with Crippen molar-refractivity contribution >= 4 is 27.7 Å². The lowest BCUT2D eigenvalue weighted by atomic mass is 10.1. The first kappa shape index (κ1) is 15.0. The van der Waals surface area contributed by atoms with Crippen LogP contribution >= 0.6 is 15.9 Å². The maximum Gasteiger partial charge on any atom is 0.245 e. The van der Waals surface area contributed by atoms with Gasteiger partial charge in [0.05, 0.1) is 6.04 Å². The molecule has 5 heteroatoms. The molecule has 0 spiro atoms. The molecule has 1 aliphatic rings. The topological polar surface area (TPSA) is 49.4 Å². The predicted octanol–water partition coefficient (Wildman–Crippen LogP) is 2.64. The van der Waals surface area contributed by atoms with Crippen molar-refractivity contribution in [2.24, 2.45) is 0 Å². The zero-order valence-electron chi connectivity index (χ0n) is 11.7. The number of carbonyl (C=O) groups is 2. The molecule has 108 valence electrons. The number of nitrogens with one attached hydrogen (secondary N) is 1. The van der Waals surface area contributed by atoms with Crippen LogP contribution in [0.5, 0.6) is 0 Å². The number of halogens is 1. The Bertz CT molecular complexity index is 518. The smallest absolute Gasteiger partial charge is 0.245 e. The molecule has 2 atom stereocenters. The molecule has 2 rings (SSSR count). The highest BCUT2D eigenvalue weighted by Gasteiger charge is 2.31. The van der Waals surface area contributed by atoms with Crippen LogP contribution in [0.25, 0.3) is 0 Å². The van der Waals surface area contributed by atoms with E-state index in [1.165, 1.54) is 0 Å². The Morgan fingerprint density at radius 3 is 2.85 bits per heavy atom. The highest BCUT2D eigenvalue weighted by molar-refractivity contribution is 9.10. The summed E-state index contributed by atoms with van der Waals surface area (Å²) in [7, 11) is 0. The van der Waals surface area contributed by atoms with Crippen molar-refractivity contribution in [1.29, 1.82) is 0 Å². The largest absolute Gasteiger partial charge is 0.344 e. The van der Waals surface area contributed by atoms with E-state index < -0.39 is 6.04 Å². The van der Waals surface area contributed by atoms with Gasteiger partial charge in [-0.15, -0.1) is 0 Å². The maximum absolute atomic E-state index is 12.5. The molecule has 0 saturated carbocycles. The minimum atomic E-state index is -0.403. The van der Waals surface area contributed by atoms with Crippen LogP contribution in [-0.2, 0) is 9.59 Å². The first-order valence-electron chi connectivity index (χ1n) is 6.88. The minimum absolute atomic E-state index is 0.00539. The van der Waals surface area contributed by atoms with Gasteiger partial charge in [0, 0.05) is 17.4 Å². The van der Waals surface area contributed by atoms with Gasteiger partial charge in [0.1, 0.15) is 6.04 Å². The van der Waals surface area contributed by atoms with Gasteiger partial charge >= 0.3 is 0 Å². The molecule has 0 radical (unpaired) electrons. The first-order chi connectivity index (χ1) is 9.52. The van der Waals surface area contributed by atoms with Gasteiger partial charge in [0.2, 0.25) is 11.8 Å². The molecule has 1 heterocycles. The number of hydrogen-bond donors (Lipinski definition) is 1. The Kier molecular flexibility index (Phi) is 4.81. The van der Waals surface area contributed by atoms with E-state index in [1.54, 1.807) is 4.90 Å². The summed E-state index contributed by atoms with van der Waals surface area (Å²) in [6.07, 6.45) is 0.979. The van der Waals surface area contributed by atoms with Crippen molar-refractivity contribution < 1.29 is 9.59 Å². The summed E-state index contributed by atoms with van der Waals surface area (Å²) >= 11 is 3.45. The number of rotatable bonds is 3. The molecule has 1 aromatic rings. The van der Waals surface area contributed by atoms with Crippen LogP contribution in [-0.4, -0.2) is 29.3 Å². The molecule has 1 saturated heterocycles. The highest BCUT2D eigenvalue weighted by Crippen LogP contribution is 2.25. The normalized spacial score (nSPS) is 21.4. The zero-order chi connectivity index (χ0) is 14.7. The standard InChI is InChI=1S/C15H19BrN2O2/c1-3-13-15(20)18(8-7-14(19)17-13)10(2)11-5-4-6-12(16)9-11/h4-6,9-10,13H,3,7-8H2,1-2H3,(H,17,19). The molecule has 0 aliphatic carbocycles. The third-order valence-electron chi connectivity index (χ3n) is 3.70. The van der Waals surface area contributed by atoms with Gasteiger partial charge in [0.15, 0.2) is 0 Å². The van der Waals surface area contributed by atoms with Crippen molar-refractivity contribution in [3.8, 4) is 0 Å². The summed E-state index contributed by atoms with van der Waals surface area (Å²) in [6.45, 7) is 4.38. The van der Waals surface area contributed by atoms with E-state index in [9.17, 15) is 9.59 Å². The lowest BCUT2D eigenvalue weighted by Gasteiger charge is -2.30. The van der Waals surface area contributed by atoms with Gasteiger partial charge in [-0.05, 0) is 31.0 Å². The van der Waals surface area contributed by atoms with E-state index in [-0.39, 0.29) is 17.9 Å². The number of carbonyl (C=O) groups excluding carboxylic acids is 2. The number of benzene rings is 1. The lowest BCUT2D eigenvalue weighted by molar-refractivity contribution is -0.135. The fourth-order valence-electron chi connectivity index (χ4n) is 2.47. The summed E-state index contributed by atoms with van der Waals surface area (Å²) in [5.74, 6) is -0.0417. The lowest BCUT2D eigenvalue weighted by Crippen LogP contribution is -2.45. The van der Waals surface area contributed by atoms with Gasteiger partial charge in [-0.3, -0.25) is 9.59 Å². The molecular weight excluding hydrogens is 320 g/mol. The second-order valence-corrected chi connectivity index (χ2v) is 5.96. The Hall–Kier alpha value is -1.36.